The first kappa shape index (κ1) is 29.7. The van der Waals surface area contributed by atoms with Gasteiger partial charge in [0.25, 0.3) is 0 Å². The fourth-order valence-electron chi connectivity index (χ4n) is 7.45. The molecular weight excluding hydrogens is 671 g/mol. The summed E-state index contributed by atoms with van der Waals surface area (Å²) in [5.41, 5.74) is 9.64. The molecule has 6 nitrogen and oxygen atoms in total. The van der Waals surface area contributed by atoms with Crippen molar-refractivity contribution in [3.8, 4) is 50.4 Å². The molecule has 0 bridgehead atoms. The second-order valence-electron chi connectivity index (χ2n) is 13.1. The predicted octanol–water partition coefficient (Wildman–Crippen LogP) is 12.1. The topological polar surface area (TPSA) is 69.6 Å². The van der Waals surface area contributed by atoms with E-state index in [1.807, 2.05) is 60.7 Å². The van der Waals surface area contributed by atoms with Gasteiger partial charge in [0.1, 0.15) is 16.2 Å². The molecule has 7 aromatic carbocycles. The first-order valence-corrected chi connectivity index (χ1v) is 18.3. The molecular formula is C46H27N5OS. The van der Waals surface area contributed by atoms with Crippen molar-refractivity contribution in [1.29, 1.82) is 0 Å². The van der Waals surface area contributed by atoms with Crippen LogP contribution in [0.2, 0.25) is 0 Å². The Kier molecular flexibility index (Phi) is 6.62. The largest absolute Gasteiger partial charge is 0.456 e. The Morgan fingerprint density at radius 2 is 1.17 bits per heavy atom. The van der Waals surface area contributed by atoms with E-state index in [0.29, 0.717) is 17.5 Å². The summed E-state index contributed by atoms with van der Waals surface area (Å²) in [4.78, 5) is 20.4. The first-order valence-electron chi connectivity index (χ1n) is 17.5. The summed E-state index contributed by atoms with van der Waals surface area (Å²) < 4.78 is 9.91. The number of benzene rings is 7. The van der Waals surface area contributed by atoms with Crippen LogP contribution in [0.3, 0.4) is 0 Å². The van der Waals surface area contributed by atoms with Crippen molar-refractivity contribution < 1.29 is 4.42 Å². The van der Waals surface area contributed by atoms with E-state index >= 15 is 0 Å². The van der Waals surface area contributed by atoms with Crippen LogP contribution < -0.4 is 0 Å². The fraction of sp³-hybridized carbons (Fsp3) is 0. The van der Waals surface area contributed by atoms with Crippen LogP contribution in [-0.4, -0.2) is 24.5 Å². The van der Waals surface area contributed by atoms with Crippen molar-refractivity contribution in [3.63, 3.8) is 0 Å². The summed E-state index contributed by atoms with van der Waals surface area (Å²) in [5, 5.41) is 5.29. The van der Waals surface area contributed by atoms with Crippen LogP contribution in [0.15, 0.2) is 168 Å². The summed E-state index contributed by atoms with van der Waals surface area (Å²) in [7, 11) is 0. The lowest BCUT2D eigenvalue weighted by Gasteiger charge is -2.11. The predicted molar refractivity (Wildman–Crippen MR) is 216 cm³/mol. The van der Waals surface area contributed by atoms with Crippen molar-refractivity contribution in [1.82, 2.24) is 24.5 Å². The maximum absolute atomic E-state index is 6.44. The number of para-hydroxylation sites is 3. The van der Waals surface area contributed by atoms with Gasteiger partial charge in [0, 0.05) is 49.5 Å². The average molecular weight is 698 g/mol. The Morgan fingerprint density at radius 3 is 2.04 bits per heavy atom. The molecule has 0 saturated heterocycles. The molecule has 0 aliphatic carbocycles. The van der Waals surface area contributed by atoms with E-state index in [1.165, 1.54) is 10.8 Å². The molecule has 0 saturated carbocycles. The van der Waals surface area contributed by atoms with Gasteiger partial charge in [-0.1, -0.05) is 103 Å². The highest BCUT2D eigenvalue weighted by Gasteiger charge is 2.20. The van der Waals surface area contributed by atoms with Gasteiger partial charge in [0.2, 0.25) is 0 Å². The second kappa shape index (κ2) is 11.8. The van der Waals surface area contributed by atoms with E-state index in [9.17, 15) is 0 Å². The summed E-state index contributed by atoms with van der Waals surface area (Å²) >= 11 is 1.69. The van der Waals surface area contributed by atoms with Crippen LogP contribution in [0.4, 0.5) is 0 Å². The number of aromatic nitrogens is 5. The molecule has 11 aromatic rings. The third kappa shape index (κ3) is 4.86. The third-order valence-corrected chi connectivity index (χ3v) is 11.0. The summed E-state index contributed by atoms with van der Waals surface area (Å²) in [6, 6.07) is 56.3. The molecule has 0 radical (unpaired) electrons. The minimum absolute atomic E-state index is 0.580. The van der Waals surface area contributed by atoms with Gasteiger partial charge in [-0.05, 0) is 60.7 Å². The van der Waals surface area contributed by atoms with Crippen LogP contribution in [0.25, 0.3) is 104 Å². The maximum Gasteiger partial charge on any atom is 0.164 e. The number of nitrogens with zero attached hydrogens (tertiary/aromatic N) is 5. The van der Waals surface area contributed by atoms with Crippen molar-refractivity contribution >= 4 is 65.3 Å². The molecule has 248 valence electrons. The number of hydrogen-bond acceptors (Lipinski definition) is 6. The first-order chi connectivity index (χ1) is 26.2. The van der Waals surface area contributed by atoms with Crippen molar-refractivity contribution in [2.45, 2.75) is 0 Å². The normalized spacial score (nSPS) is 11.8. The Labute approximate surface area is 307 Å². The molecule has 0 fully saturated rings. The van der Waals surface area contributed by atoms with Gasteiger partial charge in [-0.3, -0.25) is 0 Å². The van der Waals surface area contributed by atoms with Crippen LogP contribution in [0, 0.1) is 0 Å². The Bertz CT molecular complexity index is 3150. The minimum Gasteiger partial charge on any atom is -0.456 e. The van der Waals surface area contributed by atoms with E-state index < -0.39 is 0 Å². The van der Waals surface area contributed by atoms with Crippen LogP contribution in [0.1, 0.15) is 0 Å². The Balaban J connectivity index is 1.13. The van der Waals surface area contributed by atoms with Gasteiger partial charge < -0.3 is 8.98 Å². The van der Waals surface area contributed by atoms with Gasteiger partial charge in [0.15, 0.2) is 17.5 Å². The summed E-state index contributed by atoms with van der Waals surface area (Å²) in [6.07, 6.45) is 0. The molecule has 4 aromatic heterocycles. The molecule has 0 spiro atoms. The molecule has 7 heteroatoms. The zero-order chi connectivity index (χ0) is 34.9. The van der Waals surface area contributed by atoms with Crippen LogP contribution in [-0.2, 0) is 0 Å². The second-order valence-corrected chi connectivity index (χ2v) is 14.1. The van der Waals surface area contributed by atoms with Gasteiger partial charge in [-0.25, -0.2) is 19.9 Å². The van der Waals surface area contributed by atoms with E-state index in [2.05, 4.69) is 108 Å². The molecule has 0 aliphatic heterocycles. The number of thiazole rings is 1. The monoisotopic (exact) mass is 697 g/mol. The van der Waals surface area contributed by atoms with E-state index in [1.54, 1.807) is 11.3 Å². The van der Waals surface area contributed by atoms with Crippen molar-refractivity contribution in [3.05, 3.63) is 164 Å². The standard InChI is InChI=1S/C46H27N5OS/c1-3-12-28(13-4-1)43-48-44(29-22-24-33-32-16-7-9-19-37(32)51(38(33)27-29)31-14-5-2-6-15-31)50-45(49-43)34-17-11-20-40-42(34)35-26-30(23-25-39(35)52-40)46-47-36-18-8-10-21-41(36)53-46/h1-27H. The molecule has 4 heterocycles. The maximum atomic E-state index is 6.44. The quantitative estimate of drug-likeness (QED) is 0.179. The van der Waals surface area contributed by atoms with Crippen molar-refractivity contribution in [2.75, 3.05) is 0 Å². The zero-order valence-corrected chi connectivity index (χ0v) is 29.0. The molecule has 0 unspecified atom stereocenters. The smallest absolute Gasteiger partial charge is 0.164 e. The lowest BCUT2D eigenvalue weighted by molar-refractivity contribution is 0.669. The Hall–Kier alpha value is -6.96. The molecule has 0 N–H and O–H groups in total. The van der Waals surface area contributed by atoms with Crippen molar-refractivity contribution in [2.24, 2.45) is 0 Å². The van der Waals surface area contributed by atoms with Gasteiger partial charge in [-0.2, -0.15) is 0 Å². The van der Waals surface area contributed by atoms with Crippen LogP contribution in [0.5, 0.6) is 0 Å². The summed E-state index contributed by atoms with van der Waals surface area (Å²) in [6.45, 7) is 0. The summed E-state index contributed by atoms with van der Waals surface area (Å²) in [5.74, 6) is 1.78. The molecule has 0 aliphatic rings. The molecule has 53 heavy (non-hydrogen) atoms. The minimum atomic E-state index is 0.580. The molecule has 0 atom stereocenters. The fourth-order valence-corrected chi connectivity index (χ4v) is 8.41. The molecule has 11 rings (SSSR count). The van der Waals surface area contributed by atoms with Crippen LogP contribution >= 0.6 is 11.3 Å². The number of hydrogen-bond donors (Lipinski definition) is 0. The average Bonchev–Trinajstić information content (AvgIpc) is 3.93. The van der Waals surface area contributed by atoms with E-state index in [0.717, 1.165) is 76.1 Å². The highest BCUT2D eigenvalue weighted by atomic mass is 32.1. The number of fused-ring (bicyclic) bond motifs is 7. The molecule has 0 amide bonds. The van der Waals surface area contributed by atoms with Gasteiger partial charge >= 0.3 is 0 Å². The lowest BCUT2D eigenvalue weighted by Crippen LogP contribution is -2.00. The number of furan rings is 1. The highest BCUT2D eigenvalue weighted by molar-refractivity contribution is 7.21. The SMILES string of the molecule is c1ccc(-c2nc(-c3ccc4c5ccccc5n(-c5ccccc5)c4c3)nc(-c3cccc4oc5ccc(-c6nc7ccccc7s6)cc5c34)n2)cc1. The van der Waals surface area contributed by atoms with Gasteiger partial charge in [0.05, 0.1) is 21.3 Å². The highest BCUT2D eigenvalue weighted by Crippen LogP contribution is 2.40. The van der Waals surface area contributed by atoms with Gasteiger partial charge in [-0.15, -0.1) is 11.3 Å². The zero-order valence-electron chi connectivity index (χ0n) is 28.1. The van der Waals surface area contributed by atoms with E-state index in [4.69, 9.17) is 24.4 Å². The lowest BCUT2D eigenvalue weighted by atomic mass is 10.0. The Morgan fingerprint density at radius 1 is 0.453 bits per heavy atom. The third-order valence-electron chi connectivity index (χ3n) is 9.89. The number of rotatable bonds is 5. The van der Waals surface area contributed by atoms with E-state index in [-0.39, 0.29) is 0 Å².